The third-order valence-electron chi connectivity index (χ3n) is 7.51. The summed E-state index contributed by atoms with van der Waals surface area (Å²) in [7, 11) is 0. The first-order chi connectivity index (χ1) is 17.3. The van der Waals surface area contributed by atoms with Crippen molar-refractivity contribution >= 4 is 23.7 Å². The molecule has 2 aromatic carbocycles. The molecule has 0 bridgehead atoms. The lowest BCUT2D eigenvalue weighted by Crippen LogP contribution is -2.62. The Hall–Kier alpha value is -3.72. The smallest absolute Gasteiger partial charge is 0.238 e. The summed E-state index contributed by atoms with van der Waals surface area (Å²) in [6.45, 7) is 2.64. The Morgan fingerprint density at radius 1 is 0.972 bits per heavy atom. The van der Waals surface area contributed by atoms with Crippen molar-refractivity contribution in [1.82, 2.24) is 15.5 Å². The lowest BCUT2D eigenvalue weighted by molar-refractivity contribution is -0.143. The summed E-state index contributed by atoms with van der Waals surface area (Å²) in [5.74, 6) is -3.31. The number of imide groups is 1. The molecule has 4 rings (SSSR count). The number of hydrogen-bond acceptors (Lipinski definition) is 5. The van der Waals surface area contributed by atoms with Gasteiger partial charge < -0.3 is 16.8 Å². The van der Waals surface area contributed by atoms with Gasteiger partial charge in [0.15, 0.2) is 5.96 Å². The van der Waals surface area contributed by atoms with Gasteiger partial charge in [0.2, 0.25) is 17.7 Å². The highest BCUT2D eigenvalue weighted by Gasteiger charge is 2.73. The number of primary amides is 1. The van der Waals surface area contributed by atoms with E-state index >= 15 is 0 Å². The number of unbranched alkanes of at least 4 members (excludes halogenated alkanes) is 1. The third kappa shape index (κ3) is 4.03. The number of amides is 3. The van der Waals surface area contributed by atoms with Crippen LogP contribution in [0.2, 0.25) is 0 Å². The minimum Gasteiger partial charge on any atom is -0.370 e. The van der Waals surface area contributed by atoms with E-state index in [1.807, 2.05) is 67.6 Å². The maximum absolute atomic E-state index is 14.1. The van der Waals surface area contributed by atoms with Crippen molar-refractivity contribution in [2.24, 2.45) is 23.3 Å². The first-order valence-electron chi connectivity index (χ1n) is 12.4. The van der Waals surface area contributed by atoms with Crippen LogP contribution < -0.4 is 22.1 Å². The average molecular weight is 491 g/mol. The summed E-state index contributed by atoms with van der Waals surface area (Å²) < 4.78 is 0. The van der Waals surface area contributed by atoms with E-state index in [2.05, 4.69) is 10.6 Å². The Balaban J connectivity index is 1.92. The van der Waals surface area contributed by atoms with Crippen molar-refractivity contribution in [3.05, 3.63) is 71.8 Å². The van der Waals surface area contributed by atoms with Crippen molar-refractivity contribution in [1.29, 1.82) is 5.41 Å². The Bertz CT molecular complexity index is 1100. The predicted octanol–water partition coefficient (Wildman–Crippen LogP) is 1.42. The molecule has 2 aliphatic heterocycles. The molecule has 0 aliphatic carbocycles. The van der Waals surface area contributed by atoms with E-state index in [0.717, 1.165) is 17.5 Å². The highest BCUT2D eigenvalue weighted by molar-refractivity contribution is 6.10. The normalized spacial score (nSPS) is 24.5. The van der Waals surface area contributed by atoms with Crippen molar-refractivity contribution in [2.45, 2.75) is 43.7 Å². The van der Waals surface area contributed by atoms with Gasteiger partial charge >= 0.3 is 0 Å². The lowest BCUT2D eigenvalue weighted by Gasteiger charge is -2.39. The van der Waals surface area contributed by atoms with E-state index < -0.39 is 28.8 Å². The Morgan fingerprint density at radius 3 is 2.03 bits per heavy atom. The van der Waals surface area contributed by atoms with Crippen molar-refractivity contribution in [3.63, 3.8) is 0 Å². The SMILES string of the molecule is CCCCN1C(=O)C2C(C1=O)C(c1ccccc1)(c1ccccc1)NC2(CCCNC(=N)N)C(N)=O. The fourth-order valence-electron chi connectivity index (χ4n) is 5.92. The minimum atomic E-state index is -1.47. The van der Waals surface area contributed by atoms with Crippen LogP contribution in [0.25, 0.3) is 0 Å². The highest BCUT2D eigenvalue weighted by atomic mass is 16.2. The second kappa shape index (κ2) is 10.1. The number of rotatable bonds is 10. The molecular weight excluding hydrogens is 456 g/mol. The Labute approximate surface area is 211 Å². The van der Waals surface area contributed by atoms with Crippen LogP contribution in [0.4, 0.5) is 0 Å². The van der Waals surface area contributed by atoms with Crippen LogP contribution in [0.5, 0.6) is 0 Å². The first kappa shape index (κ1) is 25.4. The number of nitrogens with one attached hydrogen (secondary N) is 3. The van der Waals surface area contributed by atoms with E-state index in [4.69, 9.17) is 16.9 Å². The highest BCUT2D eigenvalue weighted by Crippen LogP contribution is 2.56. The number of hydrogen-bond donors (Lipinski definition) is 5. The van der Waals surface area contributed by atoms with Crippen LogP contribution in [-0.2, 0) is 19.9 Å². The summed E-state index contributed by atoms with van der Waals surface area (Å²) in [6, 6.07) is 19.0. The van der Waals surface area contributed by atoms with Gasteiger partial charge in [-0.3, -0.25) is 30.0 Å². The zero-order valence-electron chi connectivity index (χ0n) is 20.5. The largest absolute Gasteiger partial charge is 0.370 e. The number of likely N-dealkylation sites (tertiary alicyclic amines) is 1. The van der Waals surface area contributed by atoms with Gasteiger partial charge in [0.05, 0.1) is 17.4 Å². The Morgan fingerprint density at radius 2 is 1.53 bits per heavy atom. The number of guanidine groups is 1. The monoisotopic (exact) mass is 490 g/mol. The molecule has 190 valence electrons. The fraction of sp³-hybridized carbons (Fsp3) is 0.407. The number of carbonyl (C=O) groups is 3. The van der Waals surface area contributed by atoms with Gasteiger partial charge in [-0.1, -0.05) is 74.0 Å². The van der Waals surface area contributed by atoms with Crippen LogP contribution in [0.1, 0.15) is 43.7 Å². The molecule has 0 radical (unpaired) electrons. The second-order valence-electron chi connectivity index (χ2n) is 9.58. The summed E-state index contributed by atoms with van der Waals surface area (Å²) in [5, 5.41) is 13.7. The molecule has 2 saturated heterocycles. The predicted molar refractivity (Wildman–Crippen MR) is 136 cm³/mol. The number of benzene rings is 2. The summed E-state index contributed by atoms with van der Waals surface area (Å²) >= 11 is 0. The molecule has 2 aliphatic rings. The van der Waals surface area contributed by atoms with Crippen molar-refractivity contribution in [3.8, 4) is 0 Å². The van der Waals surface area contributed by atoms with Crippen LogP contribution in [0.3, 0.4) is 0 Å². The van der Waals surface area contributed by atoms with E-state index in [1.54, 1.807) is 0 Å². The van der Waals surface area contributed by atoms with E-state index in [-0.39, 0.29) is 24.2 Å². The van der Waals surface area contributed by atoms with E-state index in [9.17, 15) is 14.4 Å². The van der Waals surface area contributed by atoms with E-state index in [0.29, 0.717) is 25.9 Å². The molecule has 9 heteroatoms. The molecule has 0 aromatic heterocycles. The quantitative estimate of drug-likeness (QED) is 0.147. The van der Waals surface area contributed by atoms with Gasteiger partial charge in [-0.05, 0) is 30.4 Å². The molecule has 0 spiro atoms. The molecule has 2 aromatic rings. The van der Waals surface area contributed by atoms with Gasteiger partial charge in [-0.25, -0.2) is 0 Å². The fourth-order valence-corrected chi connectivity index (χ4v) is 5.92. The Kier molecular flexibility index (Phi) is 7.12. The summed E-state index contributed by atoms with van der Waals surface area (Å²) in [4.78, 5) is 42.6. The van der Waals surface area contributed by atoms with Gasteiger partial charge in [0.1, 0.15) is 5.54 Å². The van der Waals surface area contributed by atoms with Gasteiger partial charge in [-0.15, -0.1) is 0 Å². The van der Waals surface area contributed by atoms with Crippen LogP contribution >= 0.6 is 0 Å². The molecule has 3 amide bonds. The van der Waals surface area contributed by atoms with E-state index in [1.165, 1.54) is 4.90 Å². The molecular formula is C27H34N6O3. The van der Waals surface area contributed by atoms with Gasteiger partial charge in [-0.2, -0.15) is 0 Å². The zero-order chi connectivity index (χ0) is 25.9. The van der Waals surface area contributed by atoms with Gasteiger partial charge in [0, 0.05) is 13.1 Å². The van der Waals surface area contributed by atoms with Crippen molar-refractivity contribution < 1.29 is 14.4 Å². The number of carbonyl (C=O) groups excluding carboxylic acids is 3. The number of nitrogens with two attached hydrogens (primary N) is 2. The number of fused-ring (bicyclic) bond motifs is 1. The second-order valence-corrected chi connectivity index (χ2v) is 9.58. The van der Waals surface area contributed by atoms with Crippen LogP contribution in [0.15, 0.2) is 60.7 Å². The molecule has 9 nitrogen and oxygen atoms in total. The number of nitrogens with zero attached hydrogens (tertiary/aromatic N) is 1. The van der Waals surface area contributed by atoms with Gasteiger partial charge in [0.25, 0.3) is 0 Å². The molecule has 3 atom stereocenters. The van der Waals surface area contributed by atoms with Crippen LogP contribution in [-0.4, -0.2) is 47.2 Å². The first-order valence-corrected chi connectivity index (χ1v) is 12.4. The molecule has 2 fully saturated rings. The van der Waals surface area contributed by atoms with Crippen molar-refractivity contribution in [2.75, 3.05) is 13.1 Å². The zero-order valence-corrected chi connectivity index (χ0v) is 20.5. The molecule has 0 saturated carbocycles. The summed E-state index contributed by atoms with van der Waals surface area (Å²) in [6.07, 6.45) is 2.12. The maximum atomic E-state index is 14.1. The molecule has 36 heavy (non-hydrogen) atoms. The lowest BCUT2D eigenvalue weighted by atomic mass is 9.70. The van der Waals surface area contributed by atoms with Crippen LogP contribution in [0, 0.1) is 17.2 Å². The topological polar surface area (TPSA) is 154 Å². The average Bonchev–Trinajstić information content (AvgIpc) is 3.33. The molecule has 3 unspecified atom stereocenters. The third-order valence-corrected chi connectivity index (χ3v) is 7.51. The summed E-state index contributed by atoms with van der Waals surface area (Å²) in [5.41, 5.74) is 10.5. The maximum Gasteiger partial charge on any atom is 0.238 e. The molecule has 2 heterocycles. The molecule has 7 N–H and O–H groups in total. The standard InChI is InChI=1S/C27H34N6O3/c1-2-3-17-33-22(34)20-21(23(33)35)27(18-11-6-4-7-12-18,19-13-8-5-9-14-19)32-26(20,24(28)36)15-10-16-31-25(29)30/h4-9,11-14,20-21,32H,2-3,10,15-17H2,1H3,(H2,28,36)(H4,29,30,31). The minimum absolute atomic E-state index is 0.179.